The van der Waals surface area contributed by atoms with Gasteiger partial charge in [-0.2, -0.15) is 15.5 Å². The minimum Gasteiger partial charge on any atom is -0.376 e. The summed E-state index contributed by atoms with van der Waals surface area (Å²) in [5, 5.41) is 21.3. The maximum absolute atomic E-state index is 12.8. The van der Waals surface area contributed by atoms with Gasteiger partial charge >= 0.3 is 0 Å². The van der Waals surface area contributed by atoms with E-state index in [2.05, 4.69) is 26.6 Å². The Morgan fingerprint density at radius 3 is 2.66 bits per heavy atom. The van der Waals surface area contributed by atoms with Crippen molar-refractivity contribution in [2.24, 2.45) is 24.1 Å². The lowest BCUT2D eigenvalue weighted by molar-refractivity contribution is -0.134. The van der Waals surface area contributed by atoms with Crippen LogP contribution in [0, 0.1) is 22.7 Å². The Morgan fingerprint density at radius 1 is 1.25 bits per heavy atom. The predicted octanol–water partition coefficient (Wildman–Crippen LogP) is 0.791. The highest BCUT2D eigenvalue weighted by molar-refractivity contribution is 6.01. The standard InChI is InChI=1S/C21H23N9O2/c1-12-7-29(20(32)21(11-22)3-4-21)9-15(12)26-17-14(18(23)31)6-25-30-10-16(27-19(17)30)13-5-24-28(2)8-13/h5-6,8,10,12,15,26H,3-4,7,9H2,1-2H3,(H2,23,31). The number of rotatable bonds is 5. The SMILES string of the molecule is CC1CN(C(=O)C2(C#N)CC2)CC1Nc1c(C(N)=O)cnn2cc(-c3cnn(C)c3)nc12. The van der Waals surface area contributed by atoms with Gasteiger partial charge in [0.25, 0.3) is 5.91 Å². The highest BCUT2D eigenvalue weighted by Gasteiger charge is 2.54. The monoisotopic (exact) mass is 433 g/mol. The molecule has 0 aromatic carbocycles. The van der Waals surface area contributed by atoms with Gasteiger partial charge in [0.2, 0.25) is 5.91 Å². The summed E-state index contributed by atoms with van der Waals surface area (Å²) in [4.78, 5) is 31.4. The Labute approximate surface area is 183 Å². The number of nitriles is 1. The smallest absolute Gasteiger partial charge is 0.252 e. The molecule has 2 unspecified atom stereocenters. The number of likely N-dealkylation sites (tertiary alicyclic amines) is 1. The quantitative estimate of drug-likeness (QED) is 0.604. The fourth-order valence-electron chi connectivity index (χ4n) is 4.26. The van der Waals surface area contributed by atoms with Gasteiger partial charge < -0.3 is 16.0 Å². The Bertz CT molecular complexity index is 1280. The van der Waals surface area contributed by atoms with E-state index in [-0.39, 0.29) is 23.4 Å². The number of hydrogen-bond donors (Lipinski definition) is 2. The first-order chi connectivity index (χ1) is 15.3. The maximum atomic E-state index is 12.8. The van der Waals surface area contributed by atoms with Crippen LogP contribution in [0.25, 0.3) is 16.9 Å². The molecule has 164 valence electrons. The zero-order valence-corrected chi connectivity index (χ0v) is 17.8. The van der Waals surface area contributed by atoms with E-state index in [1.54, 1.807) is 26.5 Å². The van der Waals surface area contributed by atoms with Crippen LogP contribution in [0.4, 0.5) is 5.69 Å². The van der Waals surface area contributed by atoms with Crippen LogP contribution >= 0.6 is 0 Å². The van der Waals surface area contributed by atoms with Gasteiger partial charge in [0.1, 0.15) is 5.41 Å². The van der Waals surface area contributed by atoms with Gasteiger partial charge in [0.05, 0.1) is 41.6 Å². The van der Waals surface area contributed by atoms with Crippen LogP contribution in [-0.4, -0.2) is 60.2 Å². The largest absolute Gasteiger partial charge is 0.376 e. The molecule has 5 rings (SSSR count). The van der Waals surface area contributed by atoms with Crippen molar-refractivity contribution in [2.45, 2.75) is 25.8 Å². The molecule has 11 nitrogen and oxygen atoms in total. The molecule has 1 saturated heterocycles. The number of anilines is 1. The third-order valence-corrected chi connectivity index (χ3v) is 6.36. The number of aromatic nitrogens is 5. The van der Waals surface area contributed by atoms with Crippen LogP contribution in [-0.2, 0) is 11.8 Å². The second kappa shape index (κ2) is 7.05. The highest BCUT2D eigenvalue weighted by Crippen LogP contribution is 2.47. The van der Waals surface area contributed by atoms with Crippen molar-refractivity contribution >= 4 is 23.1 Å². The number of carbonyl (C=O) groups excluding carboxylic acids is 2. The summed E-state index contributed by atoms with van der Waals surface area (Å²) in [5.41, 5.74) is 7.44. The van der Waals surface area contributed by atoms with Gasteiger partial charge in [-0.3, -0.25) is 14.3 Å². The van der Waals surface area contributed by atoms with Gasteiger partial charge in [0.15, 0.2) is 5.65 Å². The van der Waals surface area contributed by atoms with Gasteiger partial charge in [-0.1, -0.05) is 6.92 Å². The Hall–Kier alpha value is -3.94. The second-order valence-electron chi connectivity index (χ2n) is 8.73. The lowest BCUT2D eigenvalue weighted by atomic mass is 10.1. The molecule has 2 fully saturated rings. The molecule has 11 heteroatoms. The van der Waals surface area contributed by atoms with Crippen molar-refractivity contribution in [1.29, 1.82) is 5.26 Å². The summed E-state index contributed by atoms with van der Waals surface area (Å²) in [7, 11) is 1.82. The van der Waals surface area contributed by atoms with E-state index < -0.39 is 11.3 Å². The van der Waals surface area contributed by atoms with E-state index in [1.165, 1.54) is 6.20 Å². The third kappa shape index (κ3) is 3.15. The van der Waals surface area contributed by atoms with E-state index in [0.29, 0.717) is 43.0 Å². The summed E-state index contributed by atoms with van der Waals surface area (Å²) in [6, 6.07) is 2.05. The van der Waals surface area contributed by atoms with Gasteiger partial charge in [-0.15, -0.1) is 0 Å². The van der Waals surface area contributed by atoms with Crippen molar-refractivity contribution in [3.63, 3.8) is 0 Å². The Balaban J connectivity index is 1.48. The topological polar surface area (TPSA) is 147 Å². The van der Waals surface area contributed by atoms with Crippen molar-refractivity contribution in [3.8, 4) is 17.3 Å². The number of nitrogens with one attached hydrogen (secondary N) is 1. The van der Waals surface area contributed by atoms with Crippen molar-refractivity contribution in [2.75, 3.05) is 18.4 Å². The first kappa shape index (κ1) is 20.0. The molecule has 0 spiro atoms. The van der Waals surface area contributed by atoms with E-state index in [0.717, 1.165) is 5.56 Å². The third-order valence-electron chi connectivity index (χ3n) is 6.36. The number of nitrogens with two attached hydrogens (primary N) is 1. The molecule has 0 bridgehead atoms. The van der Waals surface area contributed by atoms with Crippen molar-refractivity contribution in [1.82, 2.24) is 29.3 Å². The number of fused-ring (bicyclic) bond motifs is 1. The van der Waals surface area contributed by atoms with Crippen LogP contribution in [0.1, 0.15) is 30.1 Å². The summed E-state index contributed by atoms with van der Waals surface area (Å²) >= 11 is 0. The van der Waals surface area contributed by atoms with Crippen LogP contribution < -0.4 is 11.1 Å². The number of primary amides is 1. The van der Waals surface area contributed by atoms with Crippen LogP contribution in [0.2, 0.25) is 0 Å². The molecule has 2 atom stereocenters. The minimum atomic E-state index is -0.849. The molecule has 2 aliphatic rings. The van der Waals surface area contributed by atoms with Gasteiger partial charge in [-0.25, -0.2) is 9.50 Å². The van der Waals surface area contributed by atoms with Crippen LogP contribution in [0.15, 0.2) is 24.8 Å². The van der Waals surface area contributed by atoms with Gasteiger partial charge in [0, 0.05) is 37.9 Å². The summed E-state index contributed by atoms with van der Waals surface area (Å²) < 4.78 is 3.27. The minimum absolute atomic E-state index is 0.106. The zero-order chi connectivity index (χ0) is 22.6. The van der Waals surface area contributed by atoms with E-state index in [9.17, 15) is 14.9 Å². The normalized spacial score (nSPS) is 21.5. The Kier molecular flexibility index (Phi) is 4.40. The number of aryl methyl sites for hydroxylation is 1. The molecule has 32 heavy (non-hydrogen) atoms. The summed E-state index contributed by atoms with van der Waals surface area (Å²) in [6.45, 7) is 3.01. The van der Waals surface area contributed by atoms with E-state index in [1.807, 2.05) is 20.2 Å². The first-order valence-electron chi connectivity index (χ1n) is 10.5. The lowest BCUT2D eigenvalue weighted by Crippen LogP contribution is -2.36. The van der Waals surface area contributed by atoms with Crippen molar-refractivity contribution < 1.29 is 9.59 Å². The van der Waals surface area contributed by atoms with Gasteiger partial charge in [-0.05, 0) is 18.8 Å². The molecule has 2 amide bonds. The number of carbonyl (C=O) groups is 2. The molecule has 1 saturated carbocycles. The second-order valence-corrected chi connectivity index (χ2v) is 8.73. The molecule has 1 aliphatic heterocycles. The number of imidazole rings is 1. The number of nitrogens with zero attached hydrogens (tertiary/aromatic N) is 7. The molecule has 3 aromatic rings. The zero-order valence-electron chi connectivity index (χ0n) is 17.8. The molecule has 3 N–H and O–H groups in total. The molecule has 3 aromatic heterocycles. The molecular formula is C21H23N9O2. The summed E-state index contributed by atoms with van der Waals surface area (Å²) in [6.07, 6.45) is 7.97. The maximum Gasteiger partial charge on any atom is 0.252 e. The molecular weight excluding hydrogens is 410 g/mol. The lowest BCUT2D eigenvalue weighted by Gasteiger charge is -2.21. The Morgan fingerprint density at radius 2 is 2.03 bits per heavy atom. The fraction of sp³-hybridized carbons (Fsp3) is 0.429. The molecule has 0 radical (unpaired) electrons. The molecule has 4 heterocycles. The average Bonchev–Trinajstić information content (AvgIpc) is 3.05. The average molecular weight is 433 g/mol. The summed E-state index contributed by atoms with van der Waals surface area (Å²) in [5.74, 6) is -0.616. The highest BCUT2D eigenvalue weighted by atomic mass is 16.2. The van der Waals surface area contributed by atoms with E-state index >= 15 is 0 Å². The number of hydrogen-bond acceptors (Lipinski definition) is 7. The van der Waals surface area contributed by atoms with E-state index in [4.69, 9.17) is 5.73 Å². The predicted molar refractivity (Wildman–Crippen MR) is 114 cm³/mol. The van der Waals surface area contributed by atoms with Crippen LogP contribution in [0.3, 0.4) is 0 Å². The van der Waals surface area contributed by atoms with Crippen molar-refractivity contribution in [3.05, 3.63) is 30.4 Å². The van der Waals surface area contributed by atoms with Crippen LogP contribution in [0.5, 0.6) is 0 Å². The fourth-order valence-corrected chi connectivity index (χ4v) is 4.26. The first-order valence-corrected chi connectivity index (χ1v) is 10.5. The molecule has 1 aliphatic carbocycles. The number of amides is 2.